The molecule has 0 aromatic heterocycles. The van der Waals surface area contributed by atoms with Crippen molar-refractivity contribution < 1.29 is 19.4 Å². The lowest BCUT2D eigenvalue weighted by atomic mass is 9.98. The molecule has 94 valence electrons. The zero-order valence-corrected chi connectivity index (χ0v) is 9.94. The lowest BCUT2D eigenvalue weighted by molar-refractivity contribution is -0.144. The molecule has 0 aromatic rings. The monoisotopic (exact) mass is 231 g/mol. The Bertz CT molecular complexity index is 220. The van der Waals surface area contributed by atoms with Crippen LogP contribution in [-0.2, 0) is 14.3 Å². The van der Waals surface area contributed by atoms with Gasteiger partial charge in [-0.3, -0.25) is 4.79 Å². The summed E-state index contributed by atoms with van der Waals surface area (Å²) in [6.45, 7) is 6.30. The summed E-state index contributed by atoms with van der Waals surface area (Å²) in [5.74, 6) is -1.08. The highest BCUT2D eigenvalue weighted by Gasteiger charge is 2.26. The van der Waals surface area contributed by atoms with Gasteiger partial charge in [-0.1, -0.05) is 0 Å². The molecule has 0 spiro atoms. The van der Waals surface area contributed by atoms with Crippen LogP contribution >= 0.6 is 0 Å². The Morgan fingerprint density at radius 1 is 1.44 bits per heavy atom. The number of hydrogen-bond donors (Lipinski definition) is 2. The van der Waals surface area contributed by atoms with Crippen LogP contribution in [0.1, 0.15) is 20.3 Å². The fourth-order valence-electron chi connectivity index (χ4n) is 1.72. The van der Waals surface area contributed by atoms with Gasteiger partial charge in [0.05, 0.1) is 31.3 Å². The van der Waals surface area contributed by atoms with Crippen molar-refractivity contribution >= 4 is 5.97 Å². The van der Waals surface area contributed by atoms with Crippen LogP contribution in [0.4, 0.5) is 0 Å². The molecule has 1 aliphatic heterocycles. The second-order valence-electron chi connectivity index (χ2n) is 4.34. The summed E-state index contributed by atoms with van der Waals surface area (Å²) in [5.41, 5.74) is 0. The molecule has 1 heterocycles. The molecule has 1 saturated heterocycles. The van der Waals surface area contributed by atoms with E-state index in [2.05, 4.69) is 5.32 Å². The summed E-state index contributed by atoms with van der Waals surface area (Å²) in [5, 5.41) is 11.9. The van der Waals surface area contributed by atoms with Gasteiger partial charge in [0.25, 0.3) is 0 Å². The fourth-order valence-corrected chi connectivity index (χ4v) is 1.72. The number of ether oxygens (including phenoxy) is 2. The zero-order valence-electron chi connectivity index (χ0n) is 9.94. The van der Waals surface area contributed by atoms with Crippen LogP contribution in [0.2, 0.25) is 0 Å². The van der Waals surface area contributed by atoms with Gasteiger partial charge in [-0.2, -0.15) is 0 Å². The van der Waals surface area contributed by atoms with E-state index in [0.29, 0.717) is 26.2 Å². The van der Waals surface area contributed by atoms with Crippen molar-refractivity contribution in [3.63, 3.8) is 0 Å². The van der Waals surface area contributed by atoms with E-state index in [1.165, 1.54) is 0 Å². The minimum absolute atomic E-state index is 0.00869. The number of carboxylic acid groups (broad SMARTS) is 1. The Balaban J connectivity index is 2.14. The third kappa shape index (κ3) is 4.92. The highest BCUT2D eigenvalue weighted by atomic mass is 16.5. The second kappa shape index (κ2) is 6.83. The van der Waals surface area contributed by atoms with Crippen LogP contribution < -0.4 is 5.32 Å². The Morgan fingerprint density at radius 2 is 2.19 bits per heavy atom. The van der Waals surface area contributed by atoms with Gasteiger partial charge in [0.2, 0.25) is 0 Å². The van der Waals surface area contributed by atoms with Gasteiger partial charge in [0, 0.05) is 13.1 Å². The summed E-state index contributed by atoms with van der Waals surface area (Å²) in [6.07, 6.45) is 0.787. The molecule has 5 nitrogen and oxygen atoms in total. The molecule has 1 rings (SSSR count). The highest BCUT2D eigenvalue weighted by Crippen LogP contribution is 2.13. The third-order valence-corrected chi connectivity index (χ3v) is 2.55. The first-order valence-corrected chi connectivity index (χ1v) is 5.76. The molecule has 2 atom stereocenters. The molecule has 0 amide bonds. The Hall–Kier alpha value is -0.650. The predicted octanol–water partition coefficient (Wildman–Crippen LogP) is 0.491. The van der Waals surface area contributed by atoms with E-state index in [1.54, 1.807) is 0 Å². The normalized spacial score (nSPS) is 25.9. The van der Waals surface area contributed by atoms with E-state index < -0.39 is 5.97 Å². The molecule has 0 aliphatic carbocycles. The lowest BCUT2D eigenvalue weighted by Crippen LogP contribution is -2.43. The van der Waals surface area contributed by atoms with Gasteiger partial charge in [-0.25, -0.2) is 0 Å². The maximum atomic E-state index is 10.8. The molecule has 0 bridgehead atoms. The zero-order chi connectivity index (χ0) is 12.0. The van der Waals surface area contributed by atoms with Crippen molar-refractivity contribution in [1.29, 1.82) is 0 Å². The maximum Gasteiger partial charge on any atom is 0.307 e. The van der Waals surface area contributed by atoms with Gasteiger partial charge in [0.15, 0.2) is 0 Å². The van der Waals surface area contributed by atoms with E-state index in [4.69, 9.17) is 14.6 Å². The van der Waals surface area contributed by atoms with Crippen LogP contribution in [0.5, 0.6) is 0 Å². The predicted molar refractivity (Wildman–Crippen MR) is 59.4 cm³/mol. The van der Waals surface area contributed by atoms with E-state index in [0.717, 1.165) is 6.54 Å². The average Bonchev–Trinajstić information content (AvgIpc) is 2.24. The summed E-state index contributed by atoms with van der Waals surface area (Å²) < 4.78 is 10.9. The van der Waals surface area contributed by atoms with E-state index in [1.807, 2.05) is 13.8 Å². The molecule has 5 heteroatoms. The first kappa shape index (κ1) is 13.4. The Kier molecular flexibility index (Phi) is 5.73. The van der Waals surface area contributed by atoms with Crippen LogP contribution in [-0.4, -0.2) is 49.6 Å². The molecule has 0 aromatic carbocycles. The molecular formula is C11H21NO4. The van der Waals surface area contributed by atoms with Crippen molar-refractivity contribution in [2.24, 2.45) is 5.92 Å². The fraction of sp³-hybridized carbons (Fsp3) is 0.909. The van der Waals surface area contributed by atoms with Crippen LogP contribution in [0.3, 0.4) is 0 Å². The maximum absolute atomic E-state index is 10.8. The number of nitrogens with one attached hydrogen (secondary N) is 1. The van der Waals surface area contributed by atoms with Crippen LogP contribution in [0, 0.1) is 5.92 Å². The second-order valence-corrected chi connectivity index (χ2v) is 4.34. The summed E-state index contributed by atoms with van der Waals surface area (Å²) >= 11 is 0. The van der Waals surface area contributed by atoms with Gasteiger partial charge >= 0.3 is 5.97 Å². The van der Waals surface area contributed by atoms with Crippen molar-refractivity contribution in [1.82, 2.24) is 5.32 Å². The highest BCUT2D eigenvalue weighted by molar-refractivity contribution is 5.70. The van der Waals surface area contributed by atoms with Crippen molar-refractivity contribution in [2.45, 2.75) is 32.5 Å². The topological polar surface area (TPSA) is 67.8 Å². The van der Waals surface area contributed by atoms with Crippen LogP contribution in [0.25, 0.3) is 0 Å². The molecule has 2 unspecified atom stereocenters. The first-order chi connectivity index (χ1) is 7.59. The number of rotatable bonds is 6. The van der Waals surface area contributed by atoms with Crippen molar-refractivity contribution in [2.75, 3.05) is 26.3 Å². The van der Waals surface area contributed by atoms with Gasteiger partial charge in [-0.05, 0) is 20.3 Å². The number of aliphatic carboxylic acids is 1. The number of carboxylic acids is 1. The molecular weight excluding hydrogens is 210 g/mol. The number of piperidine rings is 1. The summed E-state index contributed by atoms with van der Waals surface area (Å²) in [6, 6.07) is 0. The average molecular weight is 231 g/mol. The van der Waals surface area contributed by atoms with Gasteiger partial charge in [-0.15, -0.1) is 0 Å². The van der Waals surface area contributed by atoms with Gasteiger partial charge in [0.1, 0.15) is 0 Å². The van der Waals surface area contributed by atoms with Crippen LogP contribution in [0.15, 0.2) is 0 Å². The minimum atomic E-state index is -0.751. The van der Waals surface area contributed by atoms with Gasteiger partial charge < -0.3 is 19.9 Å². The summed E-state index contributed by atoms with van der Waals surface area (Å²) in [7, 11) is 0. The van der Waals surface area contributed by atoms with Crippen molar-refractivity contribution in [3.8, 4) is 0 Å². The SMILES string of the molecule is CC(C)OCCOC1CNCC(C(=O)O)C1. The first-order valence-electron chi connectivity index (χ1n) is 5.76. The molecule has 1 aliphatic rings. The Labute approximate surface area is 96.1 Å². The smallest absolute Gasteiger partial charge is 0.307 e. The van der Waals surface area contributed by atoms with E-state index in [9.17, 15) is 4.79 Å². The molecule has 0 radical (unpaired) electrons. The molecule has 0 saturated carbocycles. The quantitative estimate of drug-likeness (QED) is 0.651. The third-order valence-electron chi connectivity index (χ3n) is 2.55. The van der Waals surface area contributed by atoms with Crippen molar-refractivity contribution in [3.05, 3.63) is 0 Å². The summed E-state index contributed by atoms with van der Waals surface area (Å²) in [4.78, 5) is 10.8. The molecule has 16 heavy (non-hydrogen) atoms. The number of hydrogen-bond acceptors (Lipinski definition) is 4. The lowest BCUT2D eigenvalue weighted by Gasteiger charge is -2.27. The minimum Gasteiger partial charge on any atom is -0.481 e. The van der Waals surface area contributed by atoms with E-state index >= 15 is 0 Å². The number of carbonyl (C=O) groups is 1. The standard InChI is InChI=1S/C11H21NO4/c1-8(2)15-3-4-16-10-5-9(11(13)14)6-12-7-10/h8-10,12H,3-7H2,1-2H3,(H,13,14). The molecule has 1 fully saturated rings. The van der Waals surface area contributed by atoms with E-state index in [-0.39, 0.29) is 18.1 Å². The largest absolute Gasteiger partial charge is 0.481 e. The Morgan fingerprint density at radius 3 is 2.81 bits per heavy atom. The molecule has 2 N–H and O–H groups in total.